The topological polar surface area (TPSA) is 79.8 Å². The van der Waals surface area contributed by atoms with Crippen molar-refractivity contribution in [3.8, 4) is 5.75 Å². The minimum Gasteiger partial charge on any atom is -0.481 e. The van der Waals surface area contributed by atoms with Crippen molar-refractivity contribution in [1.82, 2.24) is 5.43 Å². The number of carbonyl (C=O) groups is 2. The van der Waals surface area contributed by atoms with Gasteiger partial charge in [0.25, 0.3) is 11.8 Å². The number of aryl methyl sites for hydroxylation is 1. The van der Waals surface area contributed by atoms with Gasteiger partial charge in [-0.2, -0.15) is 5.10 Å². The van der Waals surface area contributed by atoms with Crippen LogP contribution in [0, 0.1) is 6.92 Å². The Morgan fingerprint density at radius 1 is 1.13 bits per heavy atom. The van der Waals surface area contributed by atoms with Gasteiger partial charge in [-0.15, -0.1) is 11.3 Å². The summed E-state index contributed by atoms with van der Waals surface area (Å²) in [6.07, 6.45) is -0.730. The molecule has 0 aliphatic carbocycles. The molecule has 2 amide bonds. The summed E-state index contributed by atoms with van der Waals surface area (Å²) in [5.74, 6) is 0.0757. The van der Waals surface area contributed by atoms with Crippen LogP contribution in [-0.4, -0.2) is 23.6 Å². The van der Waals surface area contributed by atoms with Crippen molar-refractivity contribution in [1.29, 1.82) is 0 Å². The number of anilines is 1. The van der Waals surface area contributed by atoms with E-state index in [0.717, 1.165) is 11.1 Å². The lowest BCUT2D eigenvalue weighted by Gasteiger charge is -2.15. The van der Waals surface area contributed by atoms with E-state index in [9.17, 15) is 9.59 Å². The van der Waals surface area contributed by atoms with E-state index in [1.54, 1.807) is 50.2 Å². The van der Waals surface area contributed by atoms with E-state index >= 15 is 0 Å². The predicted molar refractivity (Wildman–Crippen MR) is 125 cm³/mol. The third-order valence-electron chi connectivity index (χ3n) is 4.45. The van der Waals surface area contributed by atoms with Crippen LogP contribution in [0.25, 0.3) is 0 Å². The van der Waals surface area contributed by atoms with Gasteiger partial charge in [0.1, 0.15) is 5.75 Å². The highest BCUT2D eigenvalue weighted by molar-refractivity contribution is 7.12. The first kappa shape index (κ1) is 22.5. The summed E-state index contributed by atoms with van der Waals surface area (Å²) >= 11 is 7.33. The number of benzene rings is 2. The molecule has 2 aromatic carbocycles. The van der Waals surface area contributed by atoms with Gasteiger partial charge in [0.2, 0.25) is 0 Å². The molecule has 0 fully saturated rings. The second-order valence-electron chi connectivity index (χ2n) is 6.85. The van der Waals surface area contributed by atoms with Crippen LogP contribution in [0.5, 0.6) is 5.75 Å². The number of rotatable bonds is 7. The van der Waals surface area contributed by atoms with Crippen LogP contribution in [-0.2, 0) is 4.79 Å². The van der Waals surface area contributed by atoms with Crippen molar-refractivity contribution in [2.75, 3.05) is 5.32 Å². The lowest BCUT2D eigenvalue weighted by atomic mass is 10.1. The molecule has 0 radical (unpaired) electrons. The van der Waals surface area contributed by atoms with Crippen LogP contribution in [0.4, 0.5) is 5.69 Å². The largest absolute Gasteiger partial charge is 0.481 e. The number of nitrogens with one attached hydrogen (secondary N) is 2. The van der Waals surface area contributed by atoms with E-state index in [4.69, 9.17) is 16.3 Å². The highest BCUT2D eigenvalue weighted by Gasteiger charge is 2.15. The molecule has 3 rings (SSSR count). The minimum atomic E-state index is -0.730. The third-order valence-corrected chi connectivity index (χ3v) is 5.55. The molecule has 1 heterocycles. The van der Waals surface area contributed by atoms with E-state index in [1.807, 2.05) is 30.5 Å². The van der Waals surface area contributed by atoms with E-state index in [1.165, 1.54) is 11.3 Å². The van der Waals surface area contributed by atoms with Gasteiger partial charge >= 0.3 is 0 Å². The molecule has 0 aliphatic heterocycles. The molecule has 0 saturated carbocycles. The Morgan fingerprint density at radius 2 is 1.87 bits per heavy atom. The zero-order valence-electron chi connectivity index (χ0n) is 17.3. The van der Waals surface area contributed by atoms with Crippen LogP contribution < -0.4 is 15.5 Å². The second kappa shape index (κ2) is 10.2. The Balaban J connectivity index is 1.56. The van der Waals surface area contributed by atoms with E-state index in [2.05, 4.69) is 15.8 Å². The molecule has 0 aliphatic rings. The van der Waals surface area contributed by atoms with Gasteiger partial charge in [0, 0.05) is 10.7 Å². The molecule has 31 heavy (non-hydrogen) atoms. The van der Waals surface area contributed by atoms with Gasteiger partial charge in [0.15, 0.2) is 6.10 Å². The summed E-state index contributed by atoms with van der Waals surface area (Å²) in [6.45, 7) is 5.30. The van der Waals surface area contributed by atoms with Gasteiger partial charge in [-0.1, -0.05) is 29.8 Å². The van der Waals surface area contributed by atoms with Gasteiger partial charge in [-0.25, -0.2) is 5.43 Å². The number of ether oxygens (including phenoxy) is 1. The minimum absolute atomic E-state index is 0.148. The quantitative estimate of drug-likeness (QED) is 0.376. The second-order valence-corrected chi connectivity index (χ2v) is 8.24. The van der Waals surface area contributed by atoms with Gasteiger partial charge in [-0.05, 0) is 73.7 Å². The van der Waals surface area contributed by atoms with Crippen LogP contribution >= 0.6 is 22.9 Å². The number of carbonyl (C=O) groups excluding carboxylic acids is 2. The van der Waals surface area contributed by atoms with Crippen molar-refractivity contribution in [3.63, 3.8) is 0 Å². The summed E-state index contributed by atoms with van der Waals surface area (Å²) in [4.78, 5) is 25.1. The number of hydrogen-bond donors (Lipinski definition) is 2. The molecular formula is C23H22ClN3O3S. The first-order chi connectivity index (χ1) is 14.8. The highest BCUT2D eigenvalue weighted by Crippen LogP contribution is 2.23. The van der Waals surface area contributed by atoms with Crippen LogP contribution in [0.1, 0.15) is 34.6 Å². The molecule has 1 aromatic heterocycles. The maximum Gasteiger partial charge on any atom is 0.280 e. The van der Waals surface area contributed by atoms with Crippen molar-refractivity contribution >= 4 is 46.2 Å². The van der Waals surface area contributed by atoms with Crippen LogP contribution in [0.3, 0.4) is 0 Å². The van der Waals surface area contributed by atoms with E-state index < -0.39 is 6.10 Å². The Labute approximate surface area is 189 Å². The Kier molecular flexibility index (Phi) is 7.44. The normalized spacial score (nSPS) is 12.2. The molecule has 8 heteroatoms. The van der Waals surface area contributed by atoms with Crippen molar-refractivity contribution in [2.45, 2.75) is 26.9 Å². The lowest BCUT2D eigenvalue weighted by Crippen LogP contribution is -2.34. The zero-order chi connectivity index (χ0) is 22.4. The molecule has 160 valence electrons. The van der Waals surface area contributed by atoms with Crippen molar-refractivity contribution < 1.29 is 14.3 Å². The first-order valence-corrected chi connectivity index (χ1v) is 10.8. The fourth-order valence-electron chi connectivity index (χ4n) is 2.68. The standard InChI is InChI=1S/C23H22ClN3O3S/c1-14-13-18(24)8-11-20(14)30-16(3)22(28)27-26-15(2)17-6-9-19(10-7-17)25-23(29)21-5-4-12-31-21/h4-13,16H,1-3H3,(H,25,29)(H,27,28). The van der Waals surface area contributed by atoms with Crippen LogP contribution in [0.2, 0.25) is 5.02 Å². The number of hydrogen-bond acceptors (Lipinski definition) is 5. The molecular weight excluding hydrogens is 434 g/mol. The number of hydrazone groups is 1. The lowest BCUT2D eigenvalue weighted by molar-refractivity contribution is -0.127. The summed E-state index contributed by atoms with van der Waals surface area (Å²) in [5.41, 5.74) is 5.49. The SMILES string of the molecule is CC(=NNC(=O)C(C)Oc1ccc(Cl)cc1C)c1ccc(NC(=O)c2cccs2)cc1. The summed E-state index contributed by atoms with van der Waals surface area (Å²) in [7, 11) is 0. The summed E-state index contributed by atoms with van der Waals surface area (Å²) in [5, 5.41) is 9.47. The number of nitrogens with zero attached hydrogens (tertiary/aromatic N) is 1. The van der Waals surface area contributed by atoms with Gasteiger partial charge in [0.05, 0.1) is 10.6 Å². The number of amides is 2. The Morgan fingerprint density at radius 3 is 2.52 bits per heavy atom. The highest BCUT2D eigenvalue weighted by atomic mass is 35.5. The molecule has 1 unspecified atom stereocenters. The third kappa shape index (κ3) is 6.16. The Hall–Kier alpha value is -3.16. The number of thiophene rings is 1. The molecule has 0 bridgehead atoms. The molecule has 6 nitrogen and oxygen atoms in total. The fourth-order valence-corrected chi connectivity index (χ4v) is 3.52. The molecule has 1 atom stereocenters. The summed E-state index contributed by atoms with van der Waals surface area (Å²) in [6, 6.07) is 16.0. The zero-order valence-corrected chi connectivity index (χ0v) is 18.9. The van der Waals surface area contributed by atoms with Crippen molar-refractivity contribution in [3.05, 3.63) is 81.0 Å². The predicted octanol–water partition coefficient (Wildman–Crippen LogP) is 5.27. The average Bonchev–Trinajstić information content (AvgIpc) is 3.29. The van der Waals surface area contributed by atoms with Gasteiger partial charge < -0.3 is 10.1 Å². The smallest absolute Gasteiger partial charge is 0.280 e. The van der Waals surface area contributed by atoms with Gasteiger partial charge in [-0.3, -0.25) is 9.59 Å². The maximum absolute atomic E-state index is 12.3. The van der Waals surface area contributed by atoms with Crippen molar-refractivity contribution in [2.24, 2.45) is 5.10 Å². The molecule has 0 spiro atoms. The average molecular weight is 456 g/mol. The number of halogens is 1. The first-order valence-electron chi connectivity index (χ1n) is 9.55. The van der Waals surface area contributed by atoms with E-state index in [-0.39, 0.29) is 11.8 Å². The molecule has 3 aromatic rings. The summed E-state index contributed by atoms with van der Waals surface area (Å²) < 4.78 is 5.70. The van der Waals surface area contributed by atoms with E-state index in [0.29, 0.717) is 27.0 Å². The Bertz CT molecular complexity index is 1100. The maximum atomic E-state index is 12.3. The van der Waals surface area contributed by atoms with Crippen LogP contribution in [0.15, 0.2) is 65.1 Å². The molecule has 2 N–H and O–H groups in total. The molecule has 0 saturated heterocycles. The fraction of sp³-hybridized carbons (Fsp3) is 0.174. The monoisotopic (exact) mass is 455 g/mol.